The number of rotatable bonds is 4. The maximum atomic E-state index is 11.4. The Morgan fingerprint density at radius 3 is 2.81 bits per heavy atom. The lowest BCUT2D eigenvalue weighted by Gasteiger charge is -2.06. The van der Waals surface area contributed by atoms with E-state index in [1.165, 1.54) is 6.08 Å². The summed E-state index contributed by atoms with van der Waals surface area (Å²) in [4.78, 5) is 11.4. The van der Waals surface area contributed by atoms with E-state index in [0.717, 1.165) is 0 Å². The Morgan fingerprint density at radius 2 is 2.12 bits per heavy atom. The Kier molecular flexibility index (Phi) is 5.02. The van der Waals surface area contributed by atoms with Crippen molar-refractivity contribution in [3.8, 4) is 0 Å². The predicted molar refractivity (Wildman–Crippen MR) is 64.9 cm³/mol. The number of para-hydroxylation sites is 1. The molecular weight excluding hydrogens is 202 g/mol. The molecule has 1 aromatic rings. The number of benzene rings is 1. The van der Waals surface area contributed by atoms with Crippen molar-refractivity contribution in [1.29, 1.82) is 0 Å². The molecule has 0 aliphatic rings. The number of nitrogens with one attached hydrogen (secondary N) is 1. The minimum absolute atomic E-state index is 0.0883. The number of amides is 1. The Labute approximate surface area is 95.1 Å². The first kappa shape index (κ1) is 12.2. The summed E-state index contributed by atoms with van der Waals surface area (Å²) in [6, 6.07) is 7.15. The zero-order valence-electron chi connectivity index (χ0n) is 9.18. The quantitative estimate of drug-likeness (QED) is 0.600. The molecular formula is C13H15NO2. The van der Waals surface area contributed by atoms with Crippen LogP contribution in [0.1, 0.15) is 12.5 Å². The molecule has 0 spiro atoms. The van der Waals surface area contributed by atoms with Crippen LogP contribution in [0.15, 0.2) is 48.6 Å². The van der Waals surface area contributed by atoms with Crippen LogP contribution < -0.4 is 5.32 Å². The summed E-state index contributed by atoms with van der Waals surface area (Å²) in [5, 5.41) is 11.8. The summed E-state index contributed by atoms with van der Waals surface area (Å²) in [5.41, 5.74) is 1.34. The van der Waals surface area contributed by atoms with Crippen molar-refractivity contribution in [3.63, 3.8) is 0 Å². The lowest BCUT2D eigenvalue weighted by atomic mass is 10.2. The van der Waals surface area contributed by atoms with Crippen LogP contribution in [0.2, 0.25) is 0 Å². The molecule has 0 saturated heterocycles. The van der Waals surface area contributed by atoms with Crippen LogP contribution in [-0.2, 0) is 11.4 Å². The molecule has 84 valence electrons. The molecule has 0 saturated carbocycles. The van der Waals surface area contributed by atoms with E-state index in [-0.39, 0.29) is 12.5 Å². The standard InChI is InChI=1S/C13H15NO2/c1-2-3-4-9-13(16)14-12-8-6-5-7-11(12)10-15/h2-9,15H,10H2,1H3,(H,14,16)/b3-2+,9-4+. The van der Waals surface area contributed by atoms with E-state index >= 15 is 0 Å². The van der Waals surface area contributed by atoms with Crippen molar-refractivity contribution in [2.45, 2.75) is 13.5 Å². The normalized spacial score (nSPS) is 11.1. The summed E-state index contributed by atoms with van der Waals surface area (Å²) in [6.07, 6.45) is 6.72. The molecule has 0 aliphatic heterocycles. The molecule has 1 rings (SSSR count). The zero-order chi connectivity index (χ0) is 11.8. The maximum Gasteiger partial charge on any atom is 0.248 e. The van der Waals surface area contributed by atoms with Crippen molar-refractivity contribution in [1.82, 2.24) is 0 Å². The molecule has 0 bridgehead atoms. The average Bonchev–Trinajstić information content (AvgIpc) is 2.30. The number of aliphatic hydroxyl groups is 1. The fourth-order valence-corrected chi connectivity index (χ4v) is 1.21. The van der Waals surface area contributed by atoms with Gasteiger partial charge in [-0.2, -0.15) is 0 Å². The molecule has 3 heteroatoms. The number of carbonyl (C=O) groups is 1. The molecule has 16 heavy (non-hydrogen) atoms. The second-order valence-corrected chi connectivity index (χ2v) is 3.19. The second-order valence-electron chi connectivity index (χ2n) is 3.19. The third kappa shape index (κ3) is 3.71. The van der Waals surface area contributed by atoms with E-state index in [2.05, 4.69) is 5.32 Å². The third-order valence-electron chi connectivity index (χ3n) is 2.00. The summed E-state index contributed by atoms with van der Waals surface area (Å²) in [5.74, 6) is -0.209. The molecule has 0 atom stereocenters. The fraction of sp³-hybridized carbons (Fsp3) is 0.154. The van der Waals surface area contributed by atoms with E-state index in [1.807, 2.05) is 25.1 Å². The van der Waals surface area contributed by atoms with Gasteiger partial charge in [0.25, 0.3) is 0 Å². The van der Waals surface area contributed by atoms with E-state index in [0.29, 0.717) is 11.3 Å². The molecule has 0 aliphatic carbocycles. The van der Waals surface area contributed by atoms with Crippen LogP contribution in [0.3, 0.4) is 0 Å². The first-order valence-corrected chi connectivity index (χ1v) is 5.07. The highest BCUT2D eigenvalue weighted by molar-refractivity contribution is 5.99. The predicted octanol–water partition coefficient (Wildman–Crippen LogP) is 2.25. The van der Waals surface area contributed by atoms with Gasteiger partial charge in [-0.3, -0.25) is 4.79 Å². The highest BCUT2D eigenvalue weighted by Gasteiger charge is 2.02. The Morgan fingerprint density at radius 1 is 1.38 bits per heavy atom. The number of hydrogen-bond acceptors (Lipinski definition) is 2. The molecule has 0 aromatic heterocycles. The van der Waals surface area contributed by atoms with Gasteiger partial charge in [-0.15, -0.1) is 0 Å². The van der Waals surface area contributed by atoms with Gasteiger partial charge in [0.2, 0.25) is 5.91 Å². The van der Waals surface area contributed by atoms with Gasteiger partial charge in [0.1, 0.15) is 0 Å². The topological polar surface area (TPSA) is 49.3 Å². The number of aliphatic hydroxyl groups excluding tert-OH is 1. The first-order chi connectivity index (χ1) is 7.77. The summed E-state index contributed by atoms with van der Waals surface area (Å²) >= 11 is 0. The SMILES string of the molecule is C/C=C/C=C/C(=O)Nc1ccccc1CO. The first-order valence-electron chi connectivity index (χ1n) is 5.07. The van der Waals surface area contributed by atoms with Crippen molar-refractivity contribution in [2.24, 2.45) is 0 Å². The summed E-state index contributed by atoms with van der Waals surface area (Å²) in [7, 11) is 0. The van der Waals surface area contributed by atoms with E-state index in [1.54, 1.807) is 24.3 Å². The van der Waals surface area contributed by atoms with E-state index in [9.17, 15) is 4.79 Å². The van der Waals surface area contributed by atoms with Gasteiger partial charge in [-0.25, -0.2) is 0 Å². The van der Waals surface area contributed by atoms with Crippen LogP contribution in [0.5, 0.6) is 0 Å². The van der Waals surface area contributed by atoms with Crippen LogP contribution in [0.4, 0.5) is 5.69 Å². The third-order valence-corrected chi connectivity index (χ3v) is 2.00. The molecule has 2 N–H and O–H groups in total. The van der Waals surface area contributed by atoms with Crippen LogP contribution in [0.25, 0.3) is 0 Å². The van der Waals surface area contributed by atoms with E-state index in [4.69, 9.17) is 5.11 Å². The smallest absolute Gasteiger partial charge is 0.248 e. The number of anilines is 1. The monoisotopic (exact) mass is 217 g/mol. The Hall–Kier alpha value is -1.87. The molecule has 3 nitrogen and oxygen atoms in total. The molecule has 0 fully saturated rings. The van der Waals surface area contributed by atoms with Gasteiger partial charge >= 0.3 is 0 Å². The van der Waals surface area contributed by atoms with Gasteiger partial charge < -0.3 is 10.4 Å². The highest BCUT2D eigenvalue weighted by atomic mass is 16.3. The van der Waals surface area contributed by atoms with Crippen molar-refractivity contribution >= 4 is 11.6 Å². The lowest BCUT2D eigenvalue weighted by Crippen LogP contribution is -2.09. The van der Waals surface area contributed by atoms with Crippen LogP contribution in [-0.4, -0.2) is 11.0 Å². The highest BCUT2D eigenvalue weighted by Crippen LogP contribution is 2.14. The zero-order valence-corrected chi connectivity index (χ0v) is 9.18. The van der Waals surface area contributed by atoms with Gasteiger partial charge in [0.15, 0.2) is 0 Å². The average molecular weight is 217 g/mol. The minimum atomic E-state index is -0.209. The molecule has 0 radical (unpaired) electrons. The molecule has 0 heterocycles. The number of allylic oxidation sites excluding steroid dienone is 3. The summed E-state index contributed by atoms with van der Waals surface area (Å²) < 4.78 is 0. The Bertz CT molecular complexity index is 408. The second kappa shape index (κ2) is 6.58. The molecule has 1 aromatic carbocycles. The molecule has 1 amide bonds. The van der Waals surface area contributed by atoms with Crippen LogP contribution in [0, 0.1) is 0 Å². The van der Waals surface area contributed by atoms with Gasteiger partial charge in [-0.1, -0.05) is 36.4 Å². The van der Waals surface area contributed by atoms with Crippen molar-refractivity contribution in [3.05, 3.63) is 54.1 Å². The maximum absolute atomic E-state index is 11.4. The van der Waals surface area contributed by atoms with Crippen LogP contribution >= 0.6 is 0 Å². The van der Waals surface area contributed by atoms with Crippen molar-refractivity contribution in [2.75, 3.05) is 5.32 Å². The summed E-state index contributed by atoms with van der Waals surface area (Å²) in [6.45, 7) is 1.79. The van der Waals surface area contributed by atoms with Crippen molar-refractivity contribution < 1.29 is 9.90 Å². The van der Waals surface area contributed by atoms with E-state index < -0.39 is 0 Å². The fourth-order valence-electron chi connectivity index (χ4n) is 1.21. The molecule has 0 unspecified atom stereocenters. The van der Waals surface area contributed by atoms with Gasteiger partial charge in [-0.05, 0) is 13.0 Å². The van der Waals surface area contributed by atoms with Gasteiger partial charge in [0.05, 0.1) is 6.61 Å². The largest absolute Gasteiger partial charge is 0.392 e. The number of hydrogen-bond donors (Lipinski definition) is 2. The minimum Gasteiger partial charge on any atom is -0.392 e. The lowest BCUT2D eigenvalue weighted by molar-refractivity contribution is -0.111. The Balaban J connectivity index is 2.69. The number of carbonyl (C=O) groups excluding carboxylic acids is 1. The van der Waals surface area contributed by atoms with Gasteiger partial charge in [0, 0.05) is 17.3 Å².